The van der Waals surface area contributed by atoms with E-state index < -0.39 is 11.9 Å². The molecule has 0 aliphatic carbocycles. The maximum Gasteiger partial charge on any atom is 0.355 e. The van der Waals surface area contributed by atoms with Crippen LogP contribution in [0.1, 0.15) is 11.1 Å². The second-order valence-corrected chi connectivity index (χ2v) is 6.54. The van der Waals surface area contributed by atoms with E-state index in [1.54, 1.807) is 23.3 Å². The molecule has 0 radical (unpaired) electrons. The Labute approximate surface area is 175 Å². The molecule has 0 atom stereocenters. The molecule has 6 nitrogen and oxygen atoms in total. The number of hydrogen-bond donors (Lipinski definition) is 0. The monoisotopic (exact) mass is 405 g/mol. The fourth-order valence-electron chi connectivity index (χ4n) is 3.08. The van der Waals surface area contributed by atoms with Crippen molar-refractivity contribution >= 4 is 17.6 Å². The lowest BCUT2D eigenvalue weighted by molar-refractivity contribution is -0.139. The van der Waals surface area contributed by atoms with E-state index in [1.165, 1.54) is 20.3 Å². The standard InChI is InChI=1S/C24H23NO5/c1-17-15-19(30-16-18-9-5-4-6-10-18)12-13-21(17)25-14-8-7-11-20(23(26)28-2)22(25)24(27)29-3/h4-15H,16H2,1-3H3. The first-order valence-corrected chi connectivity index (χ1v) is 9.37. The largest absolute Gasteiger partial charge is 0.489 e. The van der Waals surface area contributed by atoms with E-state index in [1.807, 2.05) is 55.5 Å². The lowest BCUT2D eigenvalue weighted by Gasteiger charge is -2.25. The minimum absolute atomic E-state index is 0.0791. The summed E-state index contributed by atoms with van der Waals surface area (Å²) in [5.74, 6) is -0.565. The molecule has 2 aromatic carbocycles. The van der Waals surface area contributed by atoms with Gasteiger partial charge in [0.25, 0.3) is 0 Å². The molecule has 0 spiro atoms. The molecule has 6 heteroatoms. The predicted octanol–water partition coefficient (Wildman–Crippen LogP) is 4.06. The summed E-state index contributed by atoms with van der Waals surface area (Å²) < 4.78 is 15.7. The topological polar surface area (TPSA) is 65.1 Å². The van der Waals surface area contributed by atoms with Crippen molar-refractivity contribution < 1.29 is 23.8 Å². The maximum atomic E-state index is 12.5. The highest BCUT2D eigenvalue weighted by Crippen LogP contribution is 2.31. The summed E-state index contributed by atoms with van der Waals surface area (Å²) in [7, 11) is 2.54. The summed E-state index contributed by atoms with van der Waals surface area (Å²) >= 11 is 0. The van der Waals surface area contributed by atoms with Crippen LogP contribution in [-0.2, 0) is 25.7 Å². The number of hydrogen-bond acceptors (Lipinski definition) is 6. The highest BCUT2D eigenvalue weighted by Gasteiger charge is 2.28. The Morgan fingerprint density at radius 2 is 1.67 bits per heavy atom. The van der Waals surface area contributed by atoms with Crippen molar-refractivity contribution in [3.05, 3.63) is 95.4 Å². The highest BCUT2D eigenvalue weighted by atomic mass is 16.5. The van der Waals surface area contributed by atoms with Crippen LogP contribution in [0.15, 0.2) is 84.2 Å². The number of ether oxygens (including phenoxy) is 3. The molecule has 0 N–H and O–H groups in total. The van der Waals surface area contributed by atoms with Crippen molar-refractivity contribution in [1.82, 2.24) is 0 Å². The molecule has 30 heavy (non-hydrogen) atoms. The van der Waals surface area contributed by atoms with Gasteiger partial charge in [0.05, 0.1) is 19.8 Å². The number of esters is 2. The molecule has 0 amide bonds. The molecule has 3 rings (SSSR count). The van der Waals surface area contributed by atoms with Crippen molar-refractivity contribution in [2.24, 2.45) is 0 Å². The first-order valence-electron chi connectivity index (χ1n) is 9.37. The van der Waals surface area contributed by atoms with Crippen molar-refractivity contribution in [3.8, 4) is 5.75 Å². The Hall–Kier alpha value is -3.80. The molecule has 2 aromatic rings. The number of carbonyl (C=O) groups is 2. The van der Waals surface area contributed by atoms with Crippen LogP contribution >= 0.6 is 0 Å². The van der Waals surface area contributed by atoms with Crippen LogP contribution in [0.3, 0.4) is 0 Å². The van der Waals surface area contributed by atoms with Crippen molar-refractivity contribution in [1.29, 1.82) is 0 Å². The van der Waals surface area contributed by atoms with Gasteiger partial charge >= 0.3 is 11.9 Å². The number of carbonyl (C=O) groups excluding carboxylic acids is 2. The molecule has 1 aliphatic heterocycles. The Morgan fingerprint density at radius 1 is 0.933 bits per heavy atom. The van der Waals surface area contributed by atoms with Crippen LogP contribution in [0, 0.1) is 6.92 Å². The van der Waals surface area contributed by atoms with Crippen molar-refractivity contribution in [3.63, 3.8) is 0 Å². The normalized spacial score (nSPS) is 13.1. The summed E-state index contributed by atoms with van der Waals surface area (Å²) in [5, 5.41) is 0. The number of methoxy groups -OCH3 is 2. The van der Waals surface area contributed by atoms with Crippen LogP contribution in [-0.4, -0.2) is 26.2 Å². The zero-order valence-electron chi connectivity index (χ0n) is 17.1. The summed E-state index contributed by atoms with van der Waals surface area (Å²) in [6.07, 6.45) is 6.63. The fourth-order valence-corrected chi connectivity index (χ4v) is 3.08. The lowest BCUT2D eigenvalue weighted by Crippen LogP contribution is -2.27. The minimum Gasteiger partial charge on any atom is -0.489 e. The van der Waals surface area contributed by atoms with Gasteiger partial charge in [0, 0.05) is 11.9 Å². The summed E-state index contributed by atoms with van der Waals surface area (Å²) in [5.41, 5.74) is 2.83. The van der Waals surface area contributed by atoms with Gasteiger partial charge in [-0.15, -0.1) is 0 Å². The Balaban J connectivity index is 1.94. The molecule has 0 saturated carbocycles. The second-order valence-electron chi connectivity index (χ2n) is 6.54. The SMILES string of the molecule is COC(=O)C1=C(C(=O)OC)N(c2ccc(OCc3ccccc3)cc2C)C=CC=C1. The molecule has 0 bridgehead atoms. The first-order chi connectivity index (χ1) is 14.5. The zero-order valence-corrected chi connectivity index (χ0v) is 17.1. The van der Waals surface area contributed by atoms with Gasteiger partial charge in [0.2, 0.25) is 0 Å². The summed E-state index contributed by atoms with van der Waals surface area (Å²) in [4.78, 5) is 26.4. The Morgan fingerprint density at radius 3 is 2.33 bits per heavy atom. The van der Waals surface area contributed by atoms with Gasteiger partial charge in [-0.3, -0.25) is 0 Å². The molecule has 0 fully saturated rings. The van der Waals surface area contributed by atoms with Crippen LogP contribution < -0.4 is 9.64 Å². The van der Waals surface area contributed by atoms with E-state index in [2.05, 4.69) is 0 Å². The van der Waals surface area contributed by atoms with Crippen LogP contribution in [0.4, 0.5) is 5.69 Å². The van der Waals surface area contributed by atoms with Gasteiger partial charge in [-0.1, -0.05) is 36.4 Å². The van der Waals surface area contributed by atoms with E-state index in [9.17, 15) is 9.59 Å². The van der Waals surface area contributed by atoms with Crippen molar-refractivity contribution in [2.75, 3.05) is 19.1 Å². The van der Waals surface area contributed by atoms with E-state index in [4.69, 9.17) is 14.2 Å². The molecule has 0 aromatic heterocycles. The van der Waals surface area contributed by atoms with Gasteiger partial charge in [-0.2, -0.15) is 0 Å². The predicted molar refractivity (Wildman–Crippen MR) is 114 cm³/mol. The number of nitrogens with zero attached hydrogens (tertiary/aromatic N) is 1. The van der Waals surface area contributed by atoms with Gasteiger partial charge in [0.15, 0.2) is 0 Å². The third-order valence-corrected chi connectivity index (χ3v) is 4.57. The smallest absolute Gasteiger partial charge is 0.355 e. The average molecular weight is 405 g/mol. The number of aryl methyl sites for hydroxylation is 1. The van der Waals surface area contributed by atoms with E-state index in [-0.39, 0.29) is 11.3 Å². The van der Waals surface area contributed by atoms with E-state index in [0.717, 1.165) is 11.1 Å². The fraction of sp³-hybridized carbons (Fsp3) is 0.167. The molecule has 1 heterocycles. The van der Waals surface area contributed by atoms with Gasteiger partial charge in [-0.05, 0) is 48.4 Å². The average Bonchev–Trinajstić information content (AvgIpc) is 3.00. The minimum atomic E-state index is -0.643. The molecular weight excluding hydrogens is 382 g/mol. The Bertz CT molecular complexity index is 1020. The van der Waals surface area contributed by atoms with Crippen LogP contribution in [0.25, 0.3) is 0 Å². The maximum absolute atomic E-state index is 12.5. The zero-order chi connectivity index (χ0) is 21.5. The number of allylic oxidation sites excluding steroid dienone is 2. The third kappa shape index (κ3) is 4.60. The quantitative estimate of drug-likeness (QED) is 0.675. The second kappa shape index (κ2) is 9.60. The number of rotatable bonds is 6. The summed E-state index contributed by atoms with van der Waals surface area (Å²) in [6.45, 7) is 2.36. The lowest BCUT2D eigenvalue weighted by atomic mass is 10.1. The first kappa shape index (κ1) is 20.9. The third-order valence-electron chi connectivity index (χ3n) is 4.57. The van der Waals surface area contributed by atoms with Crippen LogP contribution in [0.2, 0.25) is 0 Å². The van der Waals surface area contributed by atoms with Gasteiger partial charge in [-0.25, -0.2) is 9.59 Å². The van der Waals surface area contributed by atoms with Crippen molar-refractivity contribution in [2.45, 2.75) is 13.5 Å². The van der Waals surface area contributed by atoms with E-state index in [0.29, 0.717) is 18.0 Å². The molecule has 154 valence electrons. The molecular formula is C24H23NO5. The molecule has 0 saturated heterocycles. The van der Waals surface area contributed by atoms with Gasteiger partial charge in [0.1, 0.15) is 18.1 Å². The van der Waals surface area contributed by atoms with Crippen LogP contribution in [0.5, 0.6) is 5.75 Å². The Kier molecular flexibility index (Phi) is 6.70. The number of benzene rings is 2. The molecule has 0 unspecified atom stereocenters. The highest BCUT2D eigenvalue weighted by molar-refractivity contribution is 6.05. The van der Waals surface area contributed by atoms with E-state index >= 15 is 0 Å². The van der Waals surface area contributed by atoms with Gasteiger partial charge < -0.3 is 19.1 Å². The molecule has 1 aliphatic rings. The summed E-state index contributed by atoms with van der Waals surface area (Å²) in [6, 6.07) is 15.4. The number of anilines is 1.